The summed E-state index contributed by atoms with van der Waals surface area (Å²) >= 11 is 1.75. The Morgan fingerprint density at radius 2 is 1.88 bits per heavy atom. The van der Waals surface area contributed by atoms with Crippen molar-refractivity contribution < 1.29 is 9.53 Å². The van der Waals surface area contributed by atoms with E-state index in [1.165, 1.54) is 4.90 Å². The highest BCUT2D eigenvalue weighted by atomic mass is 32.2. The maximum atomic E-state index is 12.9. The van der Waals surface area contributed by atoms with Crippen LogP contribution in [0.25, 0.3) is 10.9 Å². The Labute approximate surface area is 151 Å². The quantitative estimate of drug-likeness (QED) is 0.664. The van der Waals surface area contributed by atoms with Gasteiger partial charge in [0, 0.05) is 53.4 Å². The number of hydrogen-bond donors (Lipinski definition) is 0. The molecule has 2 heterocycles. The van der Waals surface area contributed by atoms with E-state index >= 15 is 0 Å². The molecule has 4 rings (SSSR count). The lowest BCUT2D eigenvalue weighted by molar-refractivity contribution is 0.0778. The SMILES string of the molecule is COc1ccc2c3c1CN(C)C(=O)c3c(CSc1ccccc1)n2C. The maximum Gasteiger partial charge on any atom is 0.256 e. The molecule has 2 aromatic carbocycles. The Hall–Kier alpha value is -2.40. The molecular formula is C20H20N2O2S. The molecule has 25 heavy (non-hydrogen) atoms. The van der Waals surface area contributed by atoms with Gasteiger partial charge in [-0.15, -0.1) is 11.8 Å². The zero-order valence-corrected chi connectivity index (χ0v) is 15.4. The standard InChI is InChI=1S/C20H20N2O2S/c1-21-11-14-17(24-3)10-9-15-18(14)19(20(21)23)16(22(15)2)12-25-13-7-5-4-6-8-13/h4-10H,11-12H2,1-3H3. The number of benzene rings is 2. The van der Waals surface area contributed by atoms with E-state index in [-0.39, 0.29) is 5.91 Å². The lowest BCUT2D eigenvalue weighted by Gasteiger charge is -2.25. The van der Waals surface area contributed by atoms with Crippen LogP contribution >= 0.6 is 11.8 Å². The van der Waals surface area contributed by atoms with E-state index in [0.29, 0.717) is 6.54 Å². The summed E-state index contributed by atoms with van der Waals surface area (Å²) in [7, 11) is 5.58. The minimum absolute atomic E-state index is 0.0926. The Morgan fingerprint density at radius 1 is 1.12 bits per heavy atom. The van der Waals surface area contributed by atoms with Gasteiger partial charge in [0.1, 0.15) is 5.75 Å². The molecule has 0 radical (unpaired) electrons. The minimum Gasteiger partial charge on any atom is -0.496 e. The van der Waals surface area contributed by atoms with Crippen molar-refractivity contribution in [2.45, 2.75) is 17.2 Å². The third kappa shape index (κ3) is 2.50. The lowest BCUT2D eigenvalue weighted by atomic mass is 9.98. The van der Waals surface area contributed by atoms with Gasteiger partial charge >= 0.3 is 0 Å². The molecule has 4 nitrogen and oxygen atoms in total. The smallest absolute Gasteiger partial charge is 0.256 e. The van der Waals surface area contributed by atoms with Crippen LogP contribution in [0, 0.1) is 0 Å². The van der Waals surface area contributed by atoms with Gasteiger partial charge in [0.2, 0.25) is 0 Å². The van der Waals surface area contributed by atoms with E-state index in [9.17, 15) is 4.79 Å². The van der Waals surface area contributed by atoms with Crippen LogP contribution in [0.5, 0.6) is 5.75 Å². The Kier molecular flexibility index (Phi) is 3.96. The largest absolute Gasteiger partial charge is 0.496 e. The summed E-state index contributed by atoms with van der Waals surface area (Å²) in [5.74, 6) is 1.70. The first-order valence-corrected chi connectivity index (χ1v) is 9.20. The van der Waals surface area contributed by atoms with Gasteiger partial charge in [0.25, 0.3) is 5.91 Å². The van der Waals surface area contributed by atoms with Crippen molar-refractivity contribution in [2.75, 3.05) is 14.2 Å². The molecule has 0 fully saturated rings. The van der Waals surface area contributed by atoms with Crippen LogP contribution in [0.2, 0.25) is 0 Å². The summed E-state index contributed by atoms with van der Waals surface area (Å²) in [6.07, 6.45) is 0. The first kappa shape index (κ1) is 16.1. The van der Waals surface area contributed by atoms with E-state index < -0.39 is 0 Å². The monoisotopic (exact) mass is 352 g/mol. The molecule has 0 spiro atoms. The molecule has 0 bridgehead atoms. The van der Waals surface area contributed by atoms with Crippen molar-refractivity contribution >= 4 is 28.6 Å². The van der Waals surface area contributed by atoms with Gasteiger partial charge in [-0.05, 0) is 24.3 Å². The van der Waals surface area contributed by atoms with Crippen molar-refractivity contribution in [1.29, 1.82) is 0 Å². The fourth-order valence-corrected chi connectivity index (χ4v) is 4.54. The second-order valence-corrected chi connectivity index (χ2v) is 7.33. The molecule has 1 aromatic heterocycles. The third-order valence-electron chi connectivity index (χ3n) is 4.85. The van der Waals surface area contributed by atoms with Gasteiger partial charge in [-0.25, -0.2) is 0 Å². The van der Waals surface area contributed by atoms with Crippen molar-refractivity contribution in [3.05, 3.63) is 59.3 Å². The lowest BCUT2D eigenvalue weighted by Crippen LogP contribution is -2.30. The summed E-state index contributed by atoms with van der Waals surface area (Å²) in [6.45, 7) is 0.585. The number of carbonyl (C=O) groups excluding carboxylic acids is 1. The summed E-state index contributed by atoms with van der Waals surface area (Å²) in [4.78, 5) is 15.9. The highest BCUT2D eigenvalue weighted by Crippen LogP contribution is 2.40. The van der Waals surface area contributed by atoms with Crippen LogP contribution in [0.15, 0.2) is 47.4 Å². The number of rotatable bonds is 4. The number of ether oxygens (including phenoxy) is 1. The molecule has 128 valence electrons. The minimum atomic E-state index is 0.0926. The zero-order chi connectivity index (χ0) is 17.6. The summed E-state index contributed by atoms with van der Waals surface area (Å²) < 4.78 is 7.70. The average Bonchev–Trinajstić information content (AvgIpc) is 2.92. The molecule has 3 aromatic rings. The molecule has 1 aliphatic rings. The van der Waals surface area contributed by atoms with Gasteiger partial charge in [-0.3, -0.25) is 4.79 Å². The molecule has 0 aliphatic carbocycles. The number of carbonyl (C=O) groups is 1. The highest BCUT2D eigenvalue weighted by Gasteiger charge is 2.31. The van der Waals surface area contributed by atoms with Gasteiger partial charge < -0.3 is 14.2 Å². The molecule has 0 saturated heterocycles. The van der Waals surface area contributed by atoms with Gasteiger partial charge in [-0.2, -0.15) is 0 Å². The Bertz CT molecular complexity index is 963. The van der Waals surface area contributed by atoms with Crippen LogP contribution < -0.4 is 4.74 Å². The predicted octanol–water partition coefficient (Wildman–Crippen LogP) is 4.06. The second kappa shape index (κ2) is 6.15. The van der Waals surface area contributed by atoms with Crippen LogP contribution in [-0.2, 0) is 19.3 Å². The molecule has 0 unspecified atom stereocenters. The topological polar surface area (TPSA) is 34.5 Å². The molecule has 1 amide bonds. The van der Waals surface area contributed by atoms with Gasteiger partial charge in [0.15, 0.2) is 0 Å². The van der Waals surface area contributed by atoms with E-state index in [2.05, 4.69) is 22.8 Å². The van der Waals surface area contributed by atoms with E-state index in [1.54, 1.807) is 23.8 Å². The van der Waals surface area contributed by atoms with Crippen molar-refractivity contribution in [3.63, 3.8) is 0 Å². The summed E-state index contributed by atoms with van der Waals surface area (Å²) in [5, 5.41) is 1.05. The number of nitrogens with zero attached hydrogens (tertiary/aromatic N) is 2. The predicted molar refractivity (Wildman–Crippen MR) is 101 cm³/mol. The van der Waals surface area contributed by atoms with Gasteiger partial charge in [-0.1, -0.05) is 18.2 Å². The number of methoxy groups -OCH3 is 1. The van der Waals surface area contributed by atoms with Crippen molar-refractivity contribution in [2.24, 2.45) is 7.05 Å². The summed E-state index contributed by atoms with van der Waals surface area (Å²) in [6, 6.07) is 14.3. The van der Waals surface area contributed by atoms with Crippen LogP contribution in [-0.4, -0.2) is 29.5 Å². The summed E-state index contributed by atoms with van der Waals surface area (Å²) in [5.41, 5.74) is 4.08. The van der Waals surface area contributed by atoms with Gasteiger partial charge in [0.05, 0.1) is 12.7 Å². The number of aromatic nitrogens is 1. The number of amides is 1. The Morgan fingerprint density at radius 3 is 2.60 bits per heavy atom. The molecule has 5 heteroatoms. The van der Waals surface area contributed by atoms with E-state index in [4.69, 9.17) is 4.74 Å². The maximum absolute atomic E-state index is 12.9. The van der Waals surface area contributed by atoms with E-state index in [1.807, 2.05) is 38.4 Å². The number of aryl methyl sites for hydroxylation is 1. The first-order valence-electron chi connectivity index (χ1n) is 8.22. The zero-order valence-electron chi connectivity index (χ0n) is 14.6. The van der Waals surface area contributed by atoms with Crippen LogP contribution in [0.4, 0.5) is 0 Å². The first-order chi connectivity index (χ1) is 12.1. The van der Waals surface area contributed by atoms with Crippen LogP contribution in [0.1, 0.15) is 21.6 Å². The van der Waals surface area contributed by atoms with Crippen LogP contribution in [0.3, 0.4) is 0 Å². The third-order valence-corrected chi connectivity index (χ3v) is 5.87. The normalized spacial score (nSPS) is 13.6. The average molecular weight is 352 g/mol. The number of thioether (sulfide) groups is 1. The second-order valence-electron chi connectivity index (χ2n) is 6.28. The molecular weight excluding hydrogens is 332 g/mol. The number of hydrogen-bond acceptors (Lipinski definition) is 3. The highest BCUT2D eigenvalue weighted by molar-refractivity contribution is 7.98. The molecule has 1 aliphatic heterocycles. The van der Waals surface area contributed by atoms with Crippen molar-refractivity contribution in [3.8, 4) is 5.75 Å². The molecule has 0 saturated carbocycles. The van der Waals surface area contributed by atoms with E-state index in [0.717, 1.165) is 39.2 Å². The fraction of sp³-hybridized carbons (Fsp3) is 0.250. The Balaban J connectivity index is 1.87. The van der Waals surface area contributed by atoms with Crippen molar-refractivity contribution in [1.82, 2.24) is 9.47 Å². The fourth-order valence-electron chi connectivity index (χ4n) is 3.55. The molecule has 0 N–H and O–H groups in total. The molecule has 0 atom stereocenters.